The standard InChI is InChI=1S/C22H25ClN2O2S/c1-2-3-4-17-5-7-18(8-6-17)21(26)24-28-15-13-25(14-16-28)22(27)19-9-11-20(23)12-10-19/h5-12H,2-4,13-16H2,1H3. The van der Waals surface area contributed by atoms with Gasteiger partial charge in [0.25, 0.3) is 11.8 Å². The van der Waals surface area contributed by atoms with E-state index in [1.54, 1.807) is 24.3 Å². The van der Waals surface area contributed by atoms with E-state index in [1.807, 2.05) is 29.2 Å². The van der Waals surface area contributed by atoms with Crippen LogP contribution < -0.4 is 0 Å². The van der Waals surface area contributed by atoms with Gasteiger partial charge in [0.05, 0.1) is 0 Å². The number of hydrogen-bond acceptors (Lipinski definition) is 2. The normalized spacial score (nSPS) is 14.7. The van der Waals surface area contributed by atoms with Crippen molar-refractivity contribution in [2.45, 2.75) is 26.2 Å². The molecule has 0 atom stereocenters. The van der Waals surface area contributed by atoms with E-state index in [0.717, 1.165) is 30.8 Å². The number of hydrogen-bond donors (Lipinski definition) is 0. The van der Waals surface area contributed by atoms with Crippen molar-refractivity contribution in [3.05, 3.63) is 70.2 Å². The predicted molar refractivity (Wildman–Crippen MR) is 116 cm³/mol. The van der Waals surface area contributed by atoms with Gasteiger partial charge in [-0.1, -0.05) is 47.8 Å². The number of unbranched alkanes of at least 4 members (excludes halogenated alkanes) is 1. The van der Waals surface area contributed by atoms with Gasteiger partial charge >= 0.3 is 0 Å². The van der Waals surface area contributed by atoms with Crippen LogP contribution in [-0.4, -0.2) is 41.3 Å². The Kier molecular flexibility index (Phi) is 7.40. The molecule has 0 unspecified atom stereocenters. The van der Waals surface area contributed by atoms with Gasteiger partial charge in [-0.15, -0.1) is 0 Å². The number of benzene rings is 2. The van der Waals surface area contributed by atoms with E-state index in [4.69, 9.17) is 11.6 Å². The van der Waals surface area contributed by atoms with Crippen molar-refractivity contribution in [2.75, 3.05) is 24.6 Å². The number of carbonyl (C=O) groups excluding carboxylic acids is 2. The van der Waals surface area contributed by atoms with E-state index in [9.17, 15) is 9.59 Å². The maximum Gasteiger partial charge on any atom is 0.282 e. The number of rotatable bonds is 5. The molecule has 2 aromatic rings. The van der Waals surface area contributed by atoms with Crippen LogP contribution in [0.4, 0.5) is 0 Å². The Labute approximate surface area is 174 Å². The molecule has 0 spiro atoms. The molecule has 6 heteroatoms. The van der Waals surface area contributed by atoms with Gasteiger partial charge in [0.2, 0.25) is 0 Å². The van der Waals surface area contributed by atoms with Crippen LogP contribution in [0.25, 0.3) is 0 Å². The molecule has 0 bridgehead atoms. The van der Waals surface area contributed by atoms with Crippen LogP contribution in [0.3, 0.4) is 0 Å². The lowest BCUT2D eigenvalue weighted by molar-refractivity contribution is 0.0772. The monoisotopic (exact) mass is 416 g/mol. The molecular formula is C22H25ClN2O2S. The summed E-state index contributed by atoms with van der Waals surface area (Å²) in [4.78, 5) is 26.8. The number of carbonyl (C=O) groups is 2. The van der Waals surface area contributed by atoms with Gasteiger partial charge in [-0.05, 0) is 54.8 Å². The average Bonchev–Trinajstić information content (AvgIpc) is 2.73. The van der Waals surface area contributed by atoms with Crippen molar-refractivity contribution in [3.63, 3.8) is 0 Å². The average molecular weight is 417 g/mol. The highest BCUT2D eigenvalue weighted by Gasteiger charge is 2.21. The fraction of sp³-hybridized carbons (Fsp3) is 0.364. The second-order valence-electron chi connectivity index (χ2n) is 6.87. The summed E-state index contributed by atoms with van der Waals surface area (Å²) in [5, 5.41) is 0.618. The second-order valence-corrected chi connectivity index (χ2v) is 9.23. The van der Waals surface area contributed by atoms with Crippen molar-refractivity contribution in [2.24, 2.45) is 4.36 Å². The zero-order chi connectivity index (χ0) is 19.9. The molecule has 1 saturated heterocycles. The summed E-state index contributed by atoms with van der Waals surface area (Å²) in [6.45, 7) is 3.42. The van der Waals surface area contributed by atoms with Gasteiger partial charge in [-0.2, -0.15) is 4.36 Å². The van der Waals surface area contributed by atoms with Crippen molar-refractivity contribution in [1.82, 2.24) is 4.90 Å². The highest BCUT2D eigenvalue weighted by molar-refractivity contribution is 7.87. The Morgan fingerprint density at radius 1 is 1.00 bits per heavy atom. The van der Waals surface area contributed by atoms with Crippen molar-refractivity contribution in [1.29, 1.82) is 0 Å². The van der Waals surface area contributed by atoms with Gasteiger partial charge in [0.1, 0.15) is 0 Å². The minimum atomic E-state index is -0.322. The molecule has 2 aromatic carbocycles. The molecule has 1 fully saturated rings. The van der Waals surface area contributed by atoms with Gasteiger partial charge in [-0.3, -0.25) is 9.59 Å². The van der Waals surface area contributed by atoms with Crippen LogP contribution in [0.1, 0.15) is 46.0 Å². The minimum Gasteiger partial charge on any atom is -0.337 e. The van der Waals surface area contributed by atoms with Crippen LogP contribution in [-0.2, 0) is 17.1 Å². The summed E-state index contributed by atoms with van der Waals surface area (Å²) < 4.78 is 4.41. The van der Waals surface area contributed by atoms with E-state index in [-0.39, 0.29) is 22.5 Å². The van der Waals surface area contributed by atoms with Gasteiger partial charge in [0, 0.05) is 40.7 Å². The first-order valence-corrected chi connectivity index (χ1v) is 11.5. The third-order valence-corrected chi connectivity index (χ3v) is 6.79. The van der Waals surface area contributed by atoms with Crippen LogP contribution >= 0.6 is 11.6 Å². The Balaban J connectivity index is 1.56. The van der Waals surface area contributed by atoms with E-state index in [0.29, 0.717) is 29.2 Å². The van der Waals surface area contributed by atoms with E-state index >= 15 is 0 Å². The summed E-state index contributed by atoms with van der Waals surface area (Å²) in [5.74, 6) is 1.33. The van der Waals surface area contributed by atoms with E-state index in [1.165, 1.54) is 5.56 Å². The molecule has 0 radical (unpaired) electrons. The lowest BCUT2D eigenvalue weighted by Gasteiger charge is -2.28. The first-order chi connectivity index (χ1) is 13.6. The van der Waals surface area contributed by atoms with Crippen molar-refractivity contribution >= 4 is 34.1 Å². The molecule has 1 aliphatic rings. The minimum absolute atomic E-state index is 0.00825. The number of aryl methyl sites for hydroxylation is 1. The molecule has 1 aliphatic heterocycles. The first-order valence-electron chi connectivity index (χ1n) is 9.64. The number of amides is 2. The topological polar surface area (TPSA) is 49.7 Å². The molecule has 3 rings (SSSR count). The molecule has 0 N–H and O–H groups in total. The highest BCUT2D eigenvalue weighted by atomic mass is 35.5. The fourth-order valence-corrected chi connectivity index (χ4v) is 4.79. The highest BCUT2D eigenvalue weighted by Crippen LogP contribution is 2.14. The summed E-state index contributed by atoms with van der Waals surface area (Å²) in [6.07, 6.45) is 3.37. The molecule has 1 heterocycles. The van der Waals surface area contributed by atoms with Gasteiger partial charge in [0.15, 0.2) is 0 Å². The smallest absolute Gasteiger partial charge is 0.282 e. The molecule has 0 aliphatic carbocycles. The van der Waals surface area contributed by atoms with Crippen molar-refractivity contribution < 1.29 is 9.59 Å². The Morgan fingerprint density at radius 3 is 2.21 bits per heavy atom. The summed E-state index contributed by atoms with van der Waals surface area (Å²) in [7, 11) is -0.322. The Hall–Kier alpha value is -1.98. The fourth-order valence-electron chi connectivity index (χ4n) is 3.08. The second kappa shape index (κ2) is 9.99. The Morgan fingerprint density at radius 2 is 1.61 bits per heavy atom. The third-order valence-electron chi connectivity index (χ3n) is 4.80. The molecular weight excluding hydrogens is 392 g/mol. The largest absolute Gasteiger partial charge is 0.337 e. The van der Waals surface area contributed by atoms with Gasteiger partial charge in [-0.25, -0.2) is 0 Å². The zero-order valence-electron chi connectivity index (χ0n) is 16.1. The molecule has 28 heavy (non-hydrogen) atoms. The SMILES string of the molecule is CCCCc1ccc(C(=O)N=S2CCN(C(=O)c3ccc(Cl)cc3)CC2)cc1. The molecule has 4 nitrogen and oxygen atoms in total. The molecule has 0 saturated carbocycles. The molecule has 2 amide bonds. The van der Waals surface area contributed by atoms with Crippen LogP contribution in [0.2, 0.25) is 5.02 Å². The number of nitrogens with zero attached hydrogens (tertiary/aromatic N) is 2. The maximum atomic E-state index is 12.6. The number of halogens is 1. The van der Waals surface area contributed by atoms with Gasteiger partial charge < -0.3 is 4.90 Å². The summed E-state index contributed by atoms with van der Waals surface area (Å²) in [6, 6.07) is 14.7. The lowest BCUT2D eigenvalue weighted by atomic mass is 10.1. The van der Waals surface area contributed by atoms with Crippen LogP contribution in [0.5, 0.6) is 0 Å². The predicted octanol–water partition coefficient (Wildman–Crippen LogP) is 4.78. The van der Waals surface area contributed by atoms with E-state index in [2.05, 4.69) is 11.3 Å². The van der Waals surface area contributed by atoms with Crippen molar-refractivity contribution in [3.8, 4) is 0 Å². The van der Waals surface area contributed by atoms with Crippen LogP contribution in [0.15, 0.2) is 52.9 Å². The summed E-state index contributed by atoms with van der Waals surface area (Å²) in [5.41, 5.74) is 2.55. The quantitative estimate of drug-likeness (QED) is 0.704. The lowest BCUT2D eigenvalue weighted by Crippen LogP contribution is -2.41. The maximum absolute atomic E-state index is 12.6. The zero-order valence-corrected chi connectivity index (χ0v) is 17.6. The molecule has 148 valence electrons. The van der Waals surface area contributed by atoms with E-state index < -0.39 is 0 Å². The molecule has 0 aromatic heterocycles. The third kappa shape index (κ3) is 5.52. The first kappa shape index (κ1) is 20.7. The van der Waals surface area contributed by atoms with Crippen LogP contribution in [0, 0.1) is 0 Å². The summed E-state index contributed by atoms with van der Waals surface area (Å²) >= 11 is 5.88. The Bertz CT molecular complexity index is 853.